The molecule has 1 spiro atoms. The minimum Gasteiger partial charge on any atom is -0.381 e. The van der Waals surface area contributed by atoms with Gasteiger partial charge < -0.3 is 10.1 Å². The smallest absolute Gasteiger partial charge is 0.328 e. The molecule has 0 atom stereocenters. The molecular formula is C15H18N2O3. The molecule has 0 saturated carbocycles. The van der Waals surface area contributed by atoms with E-state index < -0.39 is 5.41 Å². The van der Waals surface area contributed by atoms with Gasteiger partial charge in [-0.1, -0.05) is 12.1 Å². The zero-order valence-electron chi connectivity index (χ0n) is 11.5. The van der Waals surface area contributed by atoms with Crippen molar-refractivity contribution in [3.05, 3.63) is 29.8 Å². The Kier molecular flexibility index (Phi) is 3.22. The van der Waals surface area contributed by atoms with Crippen LogP contribution in [0, 0.1) is 12.3 Å². The van der Waals surface area contributed by atoms with E-state index in [-0.39, 0.29) is 11.9 Å². The topological polar surface area (TPSA) is 58.6 Å². The Balaban J connectivity index is 1.96. The third kappa shape index (κ3) is 2.08. The van der Waals surface area contributed by atoms with Gasteiger partial charge in [0.25, 0.3) is 0 Å². The molecule has 2 heterocycles. The van der Waals surface area contributed by atoms with Gasteiger partial charge in [0.15, 0.2) is 0 Å². The van der Waals surface area contributed by atoms with Crippen LogP contribution >= 0.6 is 0 Å². The molecule has 2 aliphatic rings. The molecule has 1 aromatic carbocycles. The van der Waals surface area contributed by atoms with Crippen LogP contribution in [0.3, 0.4) is 0 Å². The summed E-state index contributed by atoms with van der Waals surface area (Å²) in [5, 5.41) is 2.85. The van der Waals surface area contributed by atoms with E-state index in [1.165, 1.54) is 4.90 Å². The summed E-state index contributed by atoms with van der Waals surface area (Å²) in [7, 11) is 0. The third-order valence-electron chi connectivity index (χ3n) is 4.15. The molecule has 5 heteroatoms. The van der Waals surface area contributed by atoms with Gasteiger partial charge in [-0.3, -0.25) is 4.79 Å². The van der Waals surface area contributed by atoms with E-state index in [2.05, 4.69) is 5.32 Å². The lowest BCUT2D eigenvalue weighted by atomic mass is 9.77. The van der Waals surface area contributed by atoms with E-state index in [0.29, 0.717) is 38.3 Å². The number of imide groups is 1. The molecule has 1 aromatic rings. The number of ether oxygens (including phenoxy) is 1. The maximum Gasteiger partial charge on any atom is 0.328 e. The first-order valence-electron chi connectivity index (χ1n) is 6.89. The fourth-order valence-corrected chi connectivity index (χ4v) is 2.88. The Labute approximate surface area is 117 Å². The minimum atomic E-state index is -0.504. The van der Waals surface area contributed by atoms with Crippen molar-refractivity contribution in [1.29, 1.82) is 0 Å². The molecule has 3 rings (SSSR count). The van der Waals surface area contributed by atoms with Crippen LogP contribution in [0.1, 0.15) is 18.4 Å². The van der Waals surface area contributed by atoms with Crippen LogP contribution < -0.4 is 10.2 Å². The molecule has 2 aliphatic heterocycles. The quantitative estimate of drug-likeness (QED) is 0.850. The Morgan fingerprint density at radius 3 is 2.70 bits per heavy atom. The molecule has 20 heavy (non-hydrogen) atoms. The number of nitrogens with one attached hydrogen (secondary N) is 1. The molecule has 0 aromatic heterocycles. The Morgan fingerprint density at radius 2 is 2.00 bits per heavy atom. The van der Waals surface area contributed by atoms with Crippen molar-refractivity contribution < 1.29 is 14.3 Å². The number of amides is 3. The van der Waals surface area contributed by atoms with Gasteiger partial charge in [-0.2, -0.15) is 0 Å². The lowest BCUT2D eigenvalue weighted by Gasteiger charge is -2.42. The van der Waals surface area contributed by atoms with Crippen LogP contribution in [-0.2, 0) is 9.53 Å². The Bertz CT molecular complexity index is 550. The number of hydrogen-bond donors (Lipinski definition) is 1. The molecule has 1 N–H and O–H groups in total. The predicted molar refractivity (Wildman–Crippen MR) is 74.5 cm³/mol. The number of rotatable bonds is 1. The van der Waals surface area contributed by atoms with Crippen molar-refractivity contribution in [3.8, 4) is 0 Å². The summed E-state index contributed by atoms with van der Waals surface area (Å²) in [5.74, 6) is -0.102. The standard InChI is InChI=1S/C15H18N2O3/c1-11-3-2-4-12(9-11)17-13(18)15(10-16-14(17)19)5-7-20-8-6-15/h2-4,9H,5-8,10H2,1H3,(H,16,19). The first kappa shape index (κ1) is 13.1. The maximum atomic E-state index is 12.8. The first-order chi connectivity index (χ1) is 9.62. The summed E-state index contributed by atoms with van der Waals surface area (Å²) in [6.45, 7) is 3.50. The molecule has 0 unspecified atom stereocenters. The van der Waals surface area contributed by atoms with E-state index in [1.54, 1.807) is 6.07 Å². The zero-order chi connectivity index (χ0) is 14.2. The van der Waals surface area contributed by atoms with Crippen LogP contribution in [0.5, 0.6) is 0 Å². The largest absolute Gasteiger partial charge is 0.381 e. The van der Waals surface area contributed by atoms with Crippen LogP contribution in [-0.4, -0.2) is 31.7 Å². The van der Waals surface area contributed by atoms with Crippen molar-refractivity contribution in [1.82, 2.24) is 5.32 Å². The summed E-state index contributed by atoms with van der Waals surface area (Å²) in [5.41, 5.74) is 1.16. The van der Waals surface area contributed by atoms with Crippen LogP contribution in [0.4, 0.5) is 10.5 Å². The third-order valence-corrected chi connectivity index (χ3v) is 4.15. The normalized spacial score (nSPS) is 21.9. The molecule has 2 saturated heterocycles. The van der Waals surface area contributed by atoms with Crippen molar-refractivity contribution in [2.45, 2.75) is 19.8 Å². The number of benzene rings is 1. The minimum absolute atomic E-state index is 0.102. The van der Waals surface area contributed by atoms with E-state index in [4.69, 9.17) is 4.74 Å². The van der Waals surface area contributed by atoms with Gasteiger partial charge in [-0.05, 0) is 37.5 Å². The van der Waals surface area contributed by atoms with E-state index >= 15 is 0 Å². The summed E-state index contributed by atoms with van der Waals surface area (Å²) in [6, 6.07) is 7.12. The zero-order valence-corrected chi connectivity index (χ0v) is 11.5. The molecule has 0 aliphatic carbocycles. The van der Waals surface area contributed by atoms with Crippen LogP contribution in [0.25, 0.3) is 0 Å². The number of anilines is 1. The summed E-state index contributed by atoms with van der Waals surface area (Å²) < 4.78 is 5.35. The SMILES string of the molecule is Cc1cccc(N2C(=O)NCC3(CCOCC3)C2=O)c1. The van der Waals surface area contributed by atoms with Crippen molar-refractivity contribution in [3.63, 3.8) is 0 Å². The van der Waals surface area contributed by atoms with Crippen molar-refractivity contribution in [2.24, 2.45) is 5.41 Å². The number of nitrogens with zero attached hydrogens (tertiary/aromatic N) is 1. The molecule has 0 radical (unpaired) electrons. The second-order valence-electron chi connectivity index (χ2n) is 5.53. The van der Waals surface area contributed by atoms with Gasteiger partial charge >= 0.3 is 6.03 Å². The molecule has 2 fully saturated rings. The highest BCUT2D eigenvalue weighted by molar-refractivity contribution is 6.18. The van der Waals surface area contributed by atoms with Gasteiger partial charge in [-0.25, -0.2) is 9.69 Å². The van der Waals surface area contributed by atoms with E-state index in [9.17, 15) is 9.59 Å². The number of hydrogen-bond acceptors (Lipinski definition) is 3. The molecule has 0 bridgehead atoms. The van der Waals surface area contributed by atoms with E-state index in [0.717, 1.165) is 5.56 Å². The number of carbonyl (C=O) groups excluding carboxylic acids is 2. The molecule has 5 nitrogen and oxygen atoms in total. The van der Waals surface area contributed by atoms with Gasteiger partial charge in [0.1, 0.15) is 0 Å². The molecular weight excluding hydrogens is 256 g/mol. The second-order valence-corrected chi connectivity index (χ2v) is 5.53. The number of carbonyl (C=O) groups is 2. The predicted octanol–water partition coefficient (Wildman–Crippen LogP) is 1.85. The second kappa shape index (κ2) is 4.90. The number of urea groups is 1. The van der Waals surface area contributed by atoms with Gasteiger partial charge in [0.05, 0.1) is 11.1 Å². The Hall–Kier alpha value is -1.88. The highest BCUT2D eigenvalue weighted by atomic mass is 16.5. The van der Waals surface area contributed by atoms with Crippen LogP contribution in [0.15, 0.2) is 24.3 Å². The van der Waals surface area contributed by atoms with Gasteiger partial charge in [0, 0.05) is 19.8 Å². The average Bonchev–Trinajstić information content (AvgIpc) is 2.45. The maximum absolute atomic E-state index is 12.8. The average molecular weight is 274 g/mol. The lowest BCUT2D eigenvalue weighted by molar-refractivity contribution is -0.133. The lowest BCUT2D eigenvalue weighted by Crippen LogP contribution is -2.62. The molecule has 106 valence electrons. The fourth-order valence-electron chi connectivity index (χ4n) is 2.88. The monoisotopic (exact) mass is 274 g/mol. The first-order valence-corrected chi connectivity index (χ1v) is 6.89. The highest BCUT2D eigenvalue weighted by Gasteiger charge is 2.48. The van der Waals surface area contributed by atoms with Gasteiger partial charge in [-0.15, -0.1) is 0 Å². The van der Waals surface area contributed by atoms with Crippen molar-refractivity contribution >= 4 is 17.6 Å². The van der Waals surface area contributed by atoms with E-state index in [1.807, 2.05) is 25.1 Å². The highest BCUT2D eigenvalue weighted by Crippen LogP contribution is 2.36. The summed E-state index contributed by atoms with van der Waals surface area (Å²) in [6.07, 6.45) is 1.32. The summed E-state index contributed by atoms with van der Waals surface area (Å²) >= 11 is 0. The molecule has 3 amide bonds. The van der Waals surface area contributed by atoms with Crippen LogP contribution in [0.2, 0.25) is 0 Å². The summed E-state index contributed by atoms with van der Waals surface area (Å²) in [4.78, 5) is 26.2. The van der Waals surface area contributed by atoms with Crippen molar-refractivity contribution in [2.75, 3.05) is 24.7 Å². The Morgan fingerprint density at radius 1 is 1.25 bits per heavy atom. The number of aryl methyl sites for hydroxylation is 1. The van der Waals surface area contributed by atoms with Gasteiger partial charge in [0.2, 0.25) is 5.91 Å². The fraction of sp³-hybridized carbons (Fsp3) is 0.467.